The van der Waals surface area contributed by atoms with Crippen LogP contribution in [0.1, 0.15) is 24.5 Å². The molecule has 1 unspecified atom stereocenters. The van der Waals surface area contributed by atoms with Gasteiger partial charge >= 0.3 is 0 Å². The van der Waals surface area contributed by atoms with E-state index in [2.05, 4.69) is 22.4 Å². The van der Waals surface area contributed by atoms with E-state index in [9.17, 15) is 15.3 Å². The molecule has 0 spiro atoms. The van der Waals surface area contributed by atoms with E-state index < -0.39 is 5.25 Å². The number of rotatable bonds is 6. The zero-order valence-electron chi connectivity index (χ0n) is 18.4. The molecule has 1 amide bonds. The molecule has 4 rings (SSSR count). The molecule has 7 heteroatoms. The van der Waals surface area contributed by atoms with E-state index >= 15 is 0 Å². The van der Waals surface area contributed by atoms with Gasteiger partial charge in [-0.3, -0.25) is 4.79 Å². The van der Waals surface area contributed by atoms with Crippen LogP contribution in [0.25, 0.3) is 21.9 Å². The van der Waals surface area contributed by atoms with Crippen LogP contribution in [-0.2, 0) is 4.79 Å². The van der Waals surface area contributed by atoms with Crippen LogP contribution in [0.5, 0.6) is 0 Å². The molecule has 166 valence electrons. The highest BCUT2D eigenvalue weighted by atomic mass is 32.2. The van der Waals surface area contributed by atoms with Crippen molar-refractivity contribution in [1.29, 1.82) is 10.5 Å². The van der Waals surface area contributed by atoms with E-state index in [1.54, 1.807) is 0 Å². The van der Waals surface area contributed by atoms with Crippen LogP contribution < -0.4 is 11.1 Å². The lowest BCUT2D eigenvalue weighted by Gasteiger charge is -2.17. The van der Waals surface area contributed by atoms with Crippen molar-refractivity contribution in [2.45, 2.75) is 23.6 Å². The third-order valence-corrected chi connectivity index (χ3v) is 6.76. The van der Waals surface area contributed by atoms with Crippen molar-refractivity contribution in [2.24, 2.45) is 0 Å². The highest BCUT2D eigenvalue weighted by Crippen LogP contribution is 2.37. The summed E-state index contributed by atoms with van der Waals surface area (Å²) in [6.07, 6.45) is 0.511. The number of hydrogen-bond acceptors (Lipinski definition) is 6. The fourth-order valence-corrected chi connectivity index (χ4v) is 4.74. The lowest BCUT2D eigenvalue weighted by atomic mass is 9.97. The monoisotopic (exact) mass is 463 g/mol. The molecule has 1 heterocycles. The lowest BCUT2D eigenvalue weighted by molar-refractivity contribution is -0.115. The van der Waals surface area contributed by atoms with Gasteiger partial charge in [-0.15, -0.1) is 0 Å². The number of amides is 1. The number of pyridine rings is 1. The van der Waals surface area contributed by atoms with Crippen molar-refractivity contribution in [3.05, 3.63) is 83.9 Å². The Balaban J connectivity index is 1.67. The highest BCUT2D eigenvalue weighted by Gasteiger charge is 2.25. The van der Waals surface area contributed by atoms with Crippen molar-refractivity contribution in [1.82, 2.24) is 4.98 Å². The van der Waals surface area contributed by atoms with Gasteiger partial charge in [0.2, 0.25) is 5.91 Å². The summed E-state index contributed by atoms with van der Waals surface area (Å²) < 4.78 is 0. The van der Waals surface area contributed by atoms with Crippen LogP contribution in [0.3, 0.4) is 0 Å². The van der Waals surface area contributed by atoms with Crippen molar-refractivity contribution >= 4 is 39.9 Å². The standard InChI is InChI=1S/C27H21N5OS/c1-2-23(26(33)31-20-13-12-17-8-6-7-11-19(17)14-20)34-27-22(16-29)24(18-9-4-3-5-10-18)21(15-28)25(30)32-27/h3-14,23H,2H2,1H3,(H2,30,32)(H,31,33). The Bertz CT molecular complexity index is 1450. The molecule has 0 fully saturated rings. The zero-order chi connectivity index (χ0) is 24.1. The van der Waals surface area contributed by atoms with Crippen molar-refractivity contribution < 1.29 is 4.79 Å². The second-order valence-corrected chi connectivity index (χ2v) is 8.77. The van der Waals surface area contributed by atoms with Crippen LogP contribution in [0.2, 0.25) is 0 Å². The van der Waals surface area contributed by atoms with Crippen molar-refractivity contribution in [3.8, 4) is 23.3 Å². The number of carbonyl (C=O) groups excluding carboxylic acids is 1. The van der Waals surface area contributed by atoms with Gasteiger partial charge in [-0.05, 0) is 34.9 Å². The summed E-state index contributed by atoms with van der Waals surface area (Å²) in [5.41, 5.74) is 8.32. The highest BCUT2D eigenvalue weighted by molar-refractivity contribution is 8.00. The van der Waals surface area contributed by atoms with E-state index in [1.807, 2.05) is 79.7 Å². The third kappa shape index (κ3) is 4.56. The Morgan fingerprint density at radius 2 is 1.68 bits per heavy atom. The average molecular weight is 464 g/mol. The minimum absolute atomic E-state index is 0.0349. The molecule has 1 aromatic heterocycles. The number of nitrogens with zero attached hydrogens (tertiary/aromatic N) is 3. The summed E-state index contributed by atoms with van der Waals surface area (Å²) in [4.78, 5) is 17.5. The van der Waals surface area contributed by atoms with Crippen LogP contribution in [-0.4, -0.2) is 16.1 Å². The topological polar surface area (TPSA) is 116 Å². The average Bonchev–Trinajstić information content (AvgIpc) is 2.87. The maximum Gasteiger partial charge on any atom is 0.237 e. The molecule has 3 N–H and O–H groups in total. The van der Waals surface area contributed by atoms with Gasteiger partial charge in [0, 0.05) is 11.3 Å². The Kier molecular flexibility index (Phi) is 6.77. The first kappa shape index (κ1) is 22.8. The van der Waals surface area contributed by atoms with E-state index in [0.717, 1.165) is 10.8 Å². The fourth-order valence-electron chi connectivity index (χ4n) is 3.72. The number of aromatic nitrogens is 1. The minimum Gasteiger partial charge on any atom is -0.383 e. The van der Waals surface area contributed by atoms with Gasteiger partial charge < -0.3 is 11.1 Å². The molecule has 0 saturated heterocycles. The third-order valence-electron chi connectivity index (χ3n) is 5.41. The molecule has 0 aliphatic heterocycles. The Morgan fingerprint density at radius 3 is 2.35 bits per heavy atom. The maximum atomic E-state index is 13.1. The first-order valence-electron chi connectivity index (χ1n) is 10.7. The number of nitriles is 2. The summed E-state index contributed by atoms with van der Waals surface area (Å²) in [5, 5.41) is 24.6. The summed E-state index contributed by atoms with van der Waals surface area (Å²) in [7, 11) is 0. The zero-order valence-corrected chi connectivity index (χ0v) is 19.3. The number of nitrogen functional groups attached to an aromatic ring is 1. The number of nitrogens with two attached hydrogens (primary N) is 1. The summed E-state index contributed by atoms with van der Waals surface area (Å²) in [6, 6.07) is 27.1. The largest absolute Gasteiger partial charge is 0.383 e. The predicted octanol–water partition coefficient (Wildman–Crippen LogP) is 5.74. The van der Waals surface area contributed by atoms with Crippen molar-refractivity contribution in [3.63, 3.8) is 0 Å². The number of benzene rings is 3. The number of fused-ring (bicyclic) bond motifs is 1. The molecular formula is C27H21N5OS. The number of carbonyl (C=O) groups is 1. The fraction of sp³-hybridized carbons (Fsp3) is 0.111. The SMILES string of the molecule is CCC(Sc1nc(N)c(C#N)c(-c2ccccc2)c1C#N)C(=O)Nc1ccc2ccccc2c1. The van der Waals surface area contributed by atoms with Gasteiger partial charge in [-0.1, -0.05) is 79.3 Å². The molecule has 0 aliphatic carbocycles. The molecule has 0 bridgehead atoms. The van der Waals surface area contributed by atoms with Crippen LogP contribution in [0.15, 0.2) is 77.8 Å². The normalized spacial score (nSPS) is 11.4. The first-order chi connectivity index (χ1) is 16.5. The summed E-state index contributed by atoms with van der Waals surface area (Å²) in [5.74, 6) is -0.162. The van der Waals surface area contributed by atoms with Crippen LogP contribution in [0, 0.1) is 22.7 Å². The van der Waals surface area contributed by atoms with Gasteiger partial charge in [0.25, 0.3) is 0 Å². The molecule has 6 nitrogen and oxygen atoms in total. The molecule has 4 aromatic rings. The number of nitrogens with one attached hydrogen (secondary N) is 1. The Hall–Kier alpha value is -4.33. The molecule has 0 radical (unpaired) electrons. The predicted molar refractivity (Wildman–Crippen MR) is 136 cm³/mol. The number of anilines is 2. The quantitative estimate of drug-likeness (QED) is 0.352. The van der Waals surface area contributed by atoms with E-state index in [4.69, 9.17) is 5.73 Å². The Morgan fingerprint density at radius 1 is 1.00 bits per heavy atom. The molecule has 34 heavy (non-hydrogen) atoms. The number of thioether (sulfide) groups is 1. The lowest BCUT2D eigenvalue weighted by Crippen LogP contribution is -2.25. The van der Waals surface area contributed by atoms with E-state index in [-0.39, 0.29) is 22.9 Å². The molecule has 0 aliphatic rings. The number of hydrogen-bond donors (Lipinski definition) is 2. The molecular weight excluding hydrogens is 442 g/mol. The smallest absolute Gasteiger partial charge is 0.237 e. The van der Waals surface area contributed by atoms with Gasteiger partial charge in [-0.25, -0.2) is 4.98 Å². The Labute approximate surface area is 202 Å². The van der Waals surface area contributed by atoms with Gasteiger partial charge in [-0.2, -0.15) is 10.5 Å². The molecule has 0 saturated carbocycles. The van der Waals surface area contributed by atoms with Crippen molar-refractivity contribution in [2.75, 3.05) is 11.1 Å². The second-order valence-electron chi connectivity index (χ2n) is 7.58. The molecule has 3 aromatic carbocycles. The van der Waals surface area contributed by atoms with Crippen LogP contribution in [0.4, 0.5) is 11.5 Å². The van der Waals surface area contributed by atoms with Gasteiger partial charge in [0.05, 0.1) is 10.8 Å². The van der Waals surface area contributed by atoms with Gasteiger partial charge in [0.1, 0.15) is 28.5 Å². The van der Waals surface area contributed by atoms with E-state index in [0.29, 0.717) is 28.3 Å². The van der Waals surface area contributed by atoms with E-state index in [1.165, 1.54) is 11.8 Å². The summed E-state index contributed by atoms with van der Waals surface area (Å²) in [6.45, 7) is 1.90. The summed E-state index contributed by atoms with van der Waals surface area (Å²) >= 11 is 1.18. The molecule has 1 atom stereocenters. The minimum atomic E-state index is -0.512. The first-order valence-corrected chi connectivity index (χ1v) is 11.6. The van der Waals surface area contributed by atoms with Crippen LogP contribution >= 0.6 is 11.8 Å². The maximum absolute atomic E-state index is 13.1. The van der Waals surface area contributed by atoms with Gasteiger partial charge in [0.15, 0.2) is 0 Å². The second kappa shape index (κ2) is 10.1.